The fraction of sp³-hybridized carbons (Fsp3) is 0.633. The molecule has 1 aromatic rings. The number of aliphatic hydroxyl groups is 1. The lowest BCUT2D eigenvalue weighted by molar-refractivity contribution is -0.185. The average molecular weight is 614 g/mol. The summed E-state index contributed by atoms with van der Waals surface area (Å²) in [6.07, 6.45) is 1.36. The summed E-state index contributed by atoms with van der Waals surface area (Å²) in [6, 6.07) is 2.69. The lowest BCUT2D eigenvalue weighted by atomic mass is 9.49. The van der Waals surface area contributed by atoms with Gasteiger partial charge in [-0.3, -0.25) is 19.4 Å². The maximum atomic E-state index is 13.1. The lowest BCUT2D eigenvalue weighted by Gasteiger charge is -2.62. The average Bonchev–Trinajstić information content (AvgIpc) is 3.35. The van der Waals surface area contributed by atoms with Gasteiger partial charge in [-0.25, -0.2) is 4.79 Å². The number of hydrogen-bond donors (Lipinski definition) is 5. The number of nitrogens with zero attached hydrogens (tertiary/aromatic N) is 3. The van der Waals surface area contributed by atoms with Gasteiger partial charge in [0.1, 0.15) is 6.04 Å². The van der Waals surface area contributed by atoms with Crippen LogP contribution in [0.1, 0.15) is 56.6 Å². The molecule has 0 aromatic heterocycles. The van der Waals surface area contributed by atoms with Crippen molar-refractivity contribution >= 4 is 29.7 Å². The van der Waals surface area contributed by atoms with Crippen molar-refractivity contribution in [2.24, 2.45) is 16.5 Å². The van der Waals surface area contributed by atoms with E-state index in [-0.39, 0.29) is 61.3 Å². The monoisotopic (exact) mass is 613 g/mol. The summed E-state index contributed by atoms with van der Waals surface area (Å²) in [5.74, 6) is -0.179. The molecule has 7 N–H and O–H groups in total. The van der Waals surface area contributed by atoms with Crippen LogP contribution in [0.25, 0.3) is 0 Å². The molecule has 2 fully saturated rings. The SMILES string of the molecule is CCC(=O)N[C@@H](CCCN=C(N)N)C(=O)NCCN(C)C(=O)Oc1ccc2c3c1O[C@H]1C(=O)CC[C@@]4(O)[C@@H](C2)N(C)CC[C@]314. The van der Waals surface area contributed by atoms with Crippen molar-refractivity contribution < 1.29 is 33.8 Å². The van der Waals surface area contributed by atoms with E-state index in [0.717, 1.165) is 17.7 Å². The maximum absolute atomic E-state index is 13.1. The highest BCUT2D eigenvalue weighted by atomic mass is 16.6. The number of ether oxygens (including phenoxy) is 2. The number of benzene rings is 1. The first-order chi connectivity index (χ1) is 20.9. The van der Waals surface area contributed by atoms with Crippen LogP contribution in [0.15, 0.2) is 17.1 Å². The van der Waals surface area contributed by atoms with Crippen LogP contribution in [-0.4, -0.2) is 109 Å². The highest BCUT2D eigenvalue weighted by Crippen LogP contribution is 2.64. The van der Waals surface area contributed by atoms with E-state index in [2.05, 4.69) is 20.5 Å². The molecule has 1 aromatic carbocycles. The van der Waals surface area contributed by atoms with Crippen LogP contribution in [0, 0.1) is 0 Å². The van der Waals surface area contributed by atoms with Gasteiger partial charge in [0.05, 0.1) is 11.0 Å². The van der Waals surface area contributed by atoms with Gasteiger partial charge in [0.2, 0.25) is 11.8 Å². The van der Waals surface area contributed by atoms with E-state index in [9.17, 15) is 24.3 Å². The normalized spacial score (nSPS) is 27.0. The predicted octanol–water partition coefficient (Wildman–Crippen LogP) is -0.465. The van der Waals surface area contributed by atoms with Gasteiger partial charge in [-0.05, 0) is 57.3 Å². The molecule has 44 heavy (non-hydrogen) atoms. The summed E-state index contributed by atoms with van der Waals surface area (Å²) < 4.78 is 12.1. The zero-order valence-corrected chi connectivity index (χ0v) is 25.6. The number of ketones is 1. The van der Waals surface area contributed by atoms with E-state index in [1.165, 1.54) is 4.90 Å². The molecule has 14 nitrogen and oxygen atoms in total. The van der Waals surface area contributed by atoms with Crippen molar-refractivity contribution in [3.63, 3.8) is 0 Å². The first-order valence-electron chi connectivity index (χ1n) is 15.3. The zero-order valence-electron chi connectivity index (χ0n) is 25.6. The molecule has 3 amide bonds. The van der Waals surface area contributed by atoms with E-state index in [1.807, 2.05) is 13.1 Å². The Hall–Kier alpha value is -3.91. The Labute approximate surface area is 256 Å². The van der Waals surface area contributed by atoms with Gasteiger partial charge in [-0.1, -0.05) is 13.0 Å². The Morgan fingerprint density at radius 3 is 2.80 bits per heavy atom. The summed E-state index contributed by atoms with van der Waals surface area (Å²) in [5.41, 5.74) is 10.5. The van der Waals surface area contributed by atoms with Gasteiger partial charge < -0.3 is 46.5 Å². The molecule has 2 aliphatic carbocycles. The van der Waals surface area contributed by atoms with E-state index in [1.54, 1.807) is 20.0 Å². The van der Waals surface area contributed by atoms with Gasteiger partial charge in [0, 0.05) is 51.1 Å². The summed E-state index contributed by atoms with van der Waals surface area (Å²) in [6.45, 7) is 2.99. The third-order valence-corrected chi connectivity index (χ3v) is 9.68. The number of nitrogens with one attached hydrogen (secondary N) is 2. The number of Topliss-reactive ketones (excluding diaryl/α,β-unsaturated/α-hetero) is 1. The Balaban J connectivity index is 1.24. The Bertz CT molecular complexity index is 1370. The minimum Gasteiger partial charge on any atom is -0.477 e. The van der Waals surface area contributed by atoms with Crippen molar-refractivity contribution in [3.8, 4) is 11.5 Å². The molecule has 2 heterocycles. The maximum Gasteiger partial charge on any atom is 0.415 e. The molecule has 5 rings (SSSR count). The van der Waals surface area contributed by atoms with Crippen LogP contribution in [0.2, 0.25) is 0 Å². The molecule has 1 saturated heterocycles. The highest BCUT2D eigenvalue weighted by molar-refractivity contribution is 5.90. The fourth-order valence-corrected chi connectivity index (χ4v) is 7.41. The molecular formula is C30H43N7O7. The van der Waals surface area contributed by atoms with Crippen molar-refractivity contribution in [1.82, 2.24) is 20.4 Å². The van der Waals surface area contributed by atoms with Gasteiger partial charge in [-0.15, -0.1) is 0 Å². The molecule has 2 bridgehead atoms. The Morgan fingerprint density at radius 1 is 1.30 bits per heavy atom. The number of piperidine rings is 1. The summed E-state index contributed by atoms with van der Waals surface area (Å²) in [5, 5.41) is 17.6. The number of hydrogen-bond acceptors (Lipinski definition) is 9. The number of likely N-dealkylation sites (N-methyl/N-ethyl adjacent to an activating group) is 2. The van der Waals surface area contributed by atoms with Crippen molar-refractivity contribution in [1.29, 1.82) is 0 Å². The number of nitrogens with two attached hydrogens (primary N) is 2. The second kappa shape index (κ2) is 12.2. The van der Waals surface area contributed by atoms with Crippen LogP contribution in [0.3, 0.4) is 0 Å². The van der Waals surface area contributed by atoms with Gasteiger partial charge >= 0.3 is 6.09 Å². The lowest BCUT2D eigenvalue weighted by Crippen LogP contribution is -2.76. The van der Waals surface area contributed by atoms with Crippen molar-refractivity contribution in [2.75, 3.05) is 40.3 Å². The van der Waals surface area contributed by atoms with Crippen LogP contribution in [-0.2, 0) is 26.2 Å². The molecule has 5 atom stereocenters. The fourth-order valence-electron chi connectivity index (χ4n) is 7.41. The van der Waals surface area contributed by atoms with E-state index >= 15 is 0 Å². The number of carbonyl (C=O) groups is 4. The first kappa shape index (κ1) is 31.5. The second-order valence-corrected chi connectivity index (χ2v) is 12.2. The van der Waals surface area contributed by atoms with E-state index < -0.39 is 29.3 Å². The third kappa shape index (κ3) is 5.34. The van der Waals surface area contributed by atoms with Crippen LogP contribution in [0.4, 0.5) is 4.79 Å². The molecule has 14 heteroatoms. The Kier molecular flexibility index (Phi) is 8.76. The topological polar surface area (TPSA) is 202 Å². The smallest absolute Gasteiger partial charge is 0.415 e. The summed E-state index contributed by atoms with van der Waals surface area (Å²) in [4.78, 5) is 58.4. The van der Waals surface area contributed by atoms with Crippen molar-refractivity contribution in [2.45, 2.75) is 81.1 Å². The Morgan fingerprint density at radius 2 is 2.07 bits per heavy atom. The molecule has 0 radical (unpaired) electrons. The zero-order chi connectivity index (χ0) is 31.8. The van der Waals surface area contributed by atoms with Crippen LogP contribution >= 0.6 is 0 Å². The summed E-state index contributed by atoms with van der Waals surface area (Å²) >= 11 is 0. The van der Waals surface area contributed by atoms with Gasteiger partial charge in [-0.2, -0.15) is 0 Å². The third-order valence-electron chi connectivity index (χ3n) is 9.68. The molecule has 2 aliphatic heterocycles. The van der Waals surface area contributed by atoms with Crippen LogP contribution in [0.5, 0.6) is 11.5 Å². The van der Waals surface area contributed by atoms with Gasteiger partial charge in [0.25, 0.3) is 0 Å². The predicted molar refractivity (Wildman–Crippen MR) is 160 cm³/mol. The van der Waals surface area contributed by atoms with Crippen molar-refractivity contribution in [3.05, 3.63) is 23.3 Å². The standard InChI is InChI=1S/C30H43N7O7/c1-4-22(39)35-18(6-5-12-34-27(31)32)26(40)33-13-15-37(3)28(41)43-20-8-7-17-16-21-30(42)10-9-19(38)25-29(30,11-14-36(21)2)23(17)24(20)44-25/h7-8,18,21,25,42H,4-6,9-16H2,1-3H3,(H,33,40)(H,35,39)(H4,31,32,34)/t18-,21+,25-,29-,30+/m0/s1. The number of carbonyl (C=O) groups excluding carboxylic acids is 4. The number of guanidine groups is 1. The number of aliphatic imine (C=N–C) groups is 1. The van der Waals surface area contributed by atoms with Crippen LogP contribution < -0.4 is 31.6 Å². The summed E-state index contributed by atoms with van der Waals surface area (Å²) in [7, 11) is 3.55. The van der Waals surface area contributed by atoms with Gasteiger partial charge in [0.15, 0.2) is 29.3 Å². The largest absolute Gasteiger partial charge is 0.477 e. The second-order valence-electron chi connectivity index (χ2n) is 12.2. The molecule has 0 unspecified atom stereocenters. The minimum atomic E-state index is -1.12. The van der Waals surface area contributed by atoms with E-state index in [0.29, 0.717) is 44.4 Å². The molecule has 1 spiro atoms. The number of likely N-dealkylation sites (tertiary alicyclic amines) is 1. The molecule has 1 saturated carbocycles. The quantitative estimate of drug-likeness (QED) is 0.123. The first-order valence-corrected chi connectivity index (χ1v) is 15.3. The number of amides is 3. The highest BCUT2D eigenvalue weighted by Gasteiger charge is 2.72. The molecule has 240 valence electrons. The number of rotatable bonds is 11. The van der Waals surface area contributed by atoms with E-state index in [4.69, 9.17) is 20.9 Å². The molecular weight excluding hydrogens is 570 g/mol. The molecule has 4 aliphatic rings. The minimum absolute atomic E-state index is 0.0438.